The SMILES string of the molecule is COc1ccc(C(O)=C2C(=O)C(=O)N(c3ccc(C)nn3)C2c2ccc(C(C)(C)C)cc2)cc1.Cc1ccc(C(O)=C2C(=O)C(=O)N(c3ccc(C#N)cn3)C2c2ccc(C(C)C)cc2)cc1.Cc1ccc(C(O)=C2C(=O)C(=O)N(c3ccc(C)nn3)C2c2ccc(C(C)C)cc2)cc1.Cc1ccc(C(O)=C2C(=O)C(=O)N(c3cccnn3)C2c2ccc(C(C)C)cc2)cc1. The summed E-state index contributed by atoms with van der Waals surface area (Å²) in [4.78, 5) is 115. The van der Waals surface area contributed by atoms with Gasteiger partial charge in [0.25, 0.3) is 23.1 Å². The van der Waals surface area contributed by atoms with Gasteiger partial charge in [0, 0.05) is 34.6 Å². The molecule has 16 rings (SSSR count). The Hall–Kier alpha value is -15.8. The standard InChI is InChI=1S/C27H27N3O4.C27H23N3O3.C26H25N3O3.C25H23N3O3/c1-16-6-15-21(29-28-16)30-23(17-7-11-19(12-8-17)27(2,3)4)22(25(32)26(30)33)24(31)18-9-13-20(34-5)14-10-18;1-16(2)19-9-11-20(12-10-19)24-23(25(31)21-7-4-17(3)5-8-21)26(32)27(33)30(24)22-13-6-18(14-28)15-29-22;1-15(2)18-10-12-19(13-11-18)23-22(24(30)20-8-5-16(3)6-9-20)25(31)26(32)29(23)21-14-7-17(4)27-28-21;1-15(2)17-10-12-18(13-11-17)22-21(23(29)19-8-6-16(3)7-9-19)24(30)25(31)28(22)20-5-4-14-26-27-20/h6-15,23,31H,1-5H3;4-13,15-16,24,31H,1-3H3;5-15,23,30H,1-4H3;4-15,22,29H,1-3H3. The van der Waals surface area contributed by atoms with E-state index in [1.165, 1.54) is 38.1 Å². The van der Waals surface area contributed by atoms with Crippen molar-refractivity contribution in [3.05, 3.63) is 378 Å². The van der Waals surface area contributed by atoms with Crippen molar-refractivity contribution >= 4 is 93.1 Å². The van der Waals surface area contributed by atoms with Crippen molar-refractivity contribution < 1.29 is 63.5 Å². The highest BCUT2D eigenvalue weighted by Gasteiger charge is 2.52. The minimum Gasteiger partial charge on any atom is -0.507 e. The number of benzene rings is 8. The van der Waals surface area contributed by atoms with Crippen LogP contribution in [-0.4, -0.2) is 110 Å². The summed E-state index contributed by atoms with van der Waals surface area (Å²) >= 11 is 0. The number of rotatable bonds is 16. The number of hydrogen-bond acceptors (Lipinski definition) is 21. The summed E-state index contributed by atoms with van der Waals surface area (Å²) in [5, 5.41) is 77.9. The first-order valence-corrected chi connectivity index (χ1v) is 42.3. The maximum atomic E-state index is 13.2. The van der Waals surface area contributed by atoms with Gasteiger partial charge in [-0.2, -0.15) is 20.6 Å². The Morgan fingerprint density at radius 2 is 0.654 bits per heavy atom. The van der Waals surface area contributed by atoms with Gasteiger partial charge in [0.1, 0.15) is 40.7 Å². The molecule has 12 aromatic rings. The topological polar surface area (TPSA) is 354 Å². The van der Waals surface area contributed by atoms with Crippen LogP contribution in [0.3, 0.4) is 0 Å². The molecule has 0 radical (unpaired) electrons. The average Bonchev–Trinajstić information content (AvgIpc) is 1.61. The molecule has 8 heterocycles. The van der Waals surface area contributed by atoms with Crippen LogP contribution in [0.1, 0.15) is 205 Å². The van der Waals surface area contributed by atoms with Crippen LogP contribution in [0.25, 0.3) is 23.0 Å². The number of nitrogens with zero attached hydrogens (tertiary/aromatic N) is 12. The smallest absolute Gasteiger partial charge is 0.301 e. The summed E-state index contributed by atoms with van der Waals surface area (Å²) in [6.07, 6.45) is 2.85. The molecule has 4 saturated heterocycles. The molecule has 4 N–H and O–H groups in total. The predicted molar refractivity (Wildman–Crippen MR) is 497 cm³/mol. The summed E-state index contributed by atoms with van der Waals surface area (Å²) in [6.45, 7) is 28.3. The Morgan fingerprint density at radius 1 is 0.362 bits per heavy atom. The lowest BCUT2D eigenvalue weighted by atomic mass is 9.85. The van der Waals surface area contributed by atoms with E-state index in [0.717, 1.165) is 38.9 Å². The number of ether oxygens (including phenoxy) is 1. The summed E-state index contributed by atoms with van der Waals surface area (Å²) in [5.41, 5.74) is 13.9. The quantitative estimate of drug-likeness (QED) is 0.0396. The van der Waals surface area contributed by atoms with Crippen LogP contribution in [0.2, 0.25) is 0 Å². The summed E-state index contributed by atoms with van der Waals surface area (Å²) < 4.78 is 5.18. The number of aryl methyl sites for hydroxylation is 5. The van der Waals surface area contributed by atoms with Crippen molar-refractivity contribution in [3.8, 4) is 11.8 Å². The van der Waals surface area contributed by atoms with Crippen LogP contribution >= 0.6 is 0 Å². The van der Waals surface area contributed by atoms with E-state index in [9.17, 15) is 58.8 Å². The van der Waals surface area contributed by atoms with E-state index < -0.39 is 70.9 Å². The molecule has 25 heteroatoms. The van der Waals surface area contributed by atoms with Gasteiger partial charge in [-0.1, -0.05) is 249 Å². The molecule has 4 amide bonds. The van der Waals surface area contributed by atoms with Gasteiger partial charge in [-0.3, -0.25) is 58.0 Å². The van der Waals surface area contributed by atoms with Gasteiger partial charge in [0.05, 0.1) is 70.5 Å². The molecule has 4 aliphatic rings. The Balaban J connectivity index is 0.000000148. The molecule has 4 aliphatic heterocycles. The molecule has 8 aromatic carbocycles. The highest BCUT2D eigenvalue weighted by Crippen LogP contribution is 2.48. The number of anilines is 4. The van der Waals surface area contributed by atoms with Crippen molar-refractivity contribution in [1.82, 2.24) is 35.6 Å². The van der Waals surface area contributed by atoms with E-state index in [1.807, 2.05) is 160 Å². The number of aliphatic hydroxyl groups is 4. The molecule has 4 atom stereocenters. The predicted octanol–water partition coefficient (Wildman–Crippen LogP) is 19.1. The van der Waals surface area contributed by atoms with Gasteiger partial charge in [-0.15, -0.1) is 15.3 Å². The first kappa shape index (κ1) is 91.8. The molecular formula is C105H98N12O13. The number of hydrogen-bond donors (Lipinski definition) is 4. The van der Waals surface area contributed by atoms with Crippen molar-refractivity contribution in [3.63, 3.8) is 0 Å². The number of aromatic nitrogens is 7. The maximum Gasteiger partial charge on any atom is 0.301 e. The van der Waals surface area contributed by atoms with Crippen LogP contribution in [0.4, 0.5) is 23.3 Å². The Bertz CT molecular complexity index is 6470. The number of carbonyl (C=O) groups is 8. The van der Waals surface area contributed by atoms with Gasteiger partial charge in [-0.05, 0) is 175 Å². The number of nitriles is 1. The van der Waals surface area contributed by atoms with Gasteiger partial charge < -0.3 is 25.2 Å². The van der Waals surface area contributed by atoms with Gasteiger partial charge in [-0.25, -0.2) is 4.98 Å². The number of aliphatic hydroxyl groups excluding tert-OH is 4. The number of amides is 4. The number of carbonyl (C=O) groups excluding carboxylic acids is 8. The first-order valence-electron chi connectivity index (χ1n) is 42.3. The van der Waals surface area contributed by atoms with Crippen molar-refractivity contribution in [2.45, 2.75) is 144 Å². The summed E-state index contributed by atoms with van der Waals surface area (Å²) in [6, 6.07) is 70.7. The molecule has 0 spiro atoms. The third-order valence-electron chi connectivity index (χ3n) is 23.0. The minimum absolute atomic E-state index is 0.000973. The lowest BCUT2D eigenvalue weighted by Gasteiger charge is -2.25. The zero-order valence-corrected chi connectivity index (χ0v) is 74.6. The van der Waals surface area contributed by atoms with Gasteiger partial charge in [0.15, 0.2) is 17.5 Å². The molecule has 0 aliphatic carbocycles. The highest BCUT2D eigenvalue weighted by atomic mass is 16.5. The second-order valence-electron chi connectivity index (χ2n) is 34.0. The molecule has 0 bridgehead atoms. The van der Waals surface area contributed by atoms with Crippen LogP contribution in [0.15, 0.2) is 277 Å². The number of pyridine rings is 1. The molecule has 130 heavy (non-hydrogen) atoms. The molecule has 0 saturated carbocycles. The fourth-order valence-electron chi connectivity index (χ4n) is 15.5. The summed E-state index contributed by atoms with van der Waals surface area (Å²) in [7, 11) is 1.55. The molecular weight excluding hydrogens is 1640 g/mol. The molecule has 4 unspecified atom stereocenters. The molecule has 4 aromatic heterocycles. The number of methoxy groups -OCH3 is 1. The van der Waals surface area contributed by atoms with E-state index in [0.29, 0.717) is 85.0 Å². The van der Waals surface area contributed by atoms with Crippen molar-refractivity contribution in [2.75, 3.05) is 26.7 Å². The van der Waals surface area contributed by atoms with Gasteiger partial charge >= 0.3 is 23.6 Å². The second-order valence-corrected chi connectivity index (χ2v) is 34.0. The molecule has 25 nitrogen and oxygen atoms in total. The van der Waals surface area contributed by atoms with Crippen LogP contribution in [0, 0.1) is 45.9 Å². The van der Waals surface area contributed by atoms with E-state index in [4.69, 9.17) is 10.00 Å². The first-order chi connectivity index (χ1) is 62.1. The summed E-state index contributed by atoms with van der Waals surface area (Å²) in [5.74, 6) is -4.38. The fourth-order valence-corrected chi connectivity index (χ4v) is 15.5. The zero-order chi connectivity index (χ0) is 93.4. The third-order valence-corrected chi connectivity index (χ3v) is 23.0. The number of ketones is 4. The fraction of sp³-hybridized carbons (Fsp3) is 0.219. The van der Waals surface area contributed by atoms with Crippen molar-refractivity contribution in [2.24, 2.45) is 0 Å². The minimum atomic E-state index is -0.854. The molecule has 656 valence electrons. The van der Waals surface area contributed by atoms with E-state index >= 15 is 0 Å². The second kappa shape index (κ2) is 39.0. The normalized spacial score (nSPS) is 17.8. The Labute approximate surface area is 753 Å². The maximum absolute atomic E-state index is 13.2. The zero-order valence-electron chi connectivity index (χ0n) is 74.6. The number of Topliss-reactive ketones (excluding diaryl/α,β-unsaturated/α-hetero) is 4. The Kier molecular flexibility index (Phi) is 27.5. The van der Waals surface area contributed by atoms with Crippen molar-refractivity contribution in [1.29, 1.82) is 5.26 Å². The molecule has 4 fully saturated rings. The average molecular weight is 1740 g/mol. The van der Waals surface area contributed by atoms with Crippen LogP contribution < -0.4 is 24.3 Å². The van der Waals surface area contributed by atoms with Crippen LogP contribution in [0.5, 0.6) is 5.75 Å². The lowest BCUT2D eigenvalue weighted by Crippen LogP contribution is -2.30. The highest BCUT2D eigenvalue weighted by molar-refractivity contribution is 6.54. The van der Waals surface area contributed by atoms with Crippen LogP contribution in [-0.2, 0) is 43.8 Å². The van der Waals surface area contributed by atoms with E-state index in [1.54, 1.807) is 124 Å². The monoisotopic (exact) mass is 1730 g/mol. The van der Waals surface area contributed by atoms with Gasteiger partial charge in [0.2, 0.25) is 0 Å². The lowest BCUT2D eigenvalue weighted by molar-refractivity contribution is -0.132. The largest absolute Gasteiger partial charge is 0.507 e. The van der Waals surface area contributed by atoms with E-state index in [2.05, 4.69) is 97.9 Å². The third kappa shape index (κ3) is 19.3. The Morgan fingerprint density at radius 3 is 0.908 bits per heavy atom. The van der Waals surface area contributed by atoms with E-state index in [-0.39, 0.29) is 74.0 Å².